The normalized spacial score (nSPS) is 20.4. The van der Waals surface area contributed by atoms with E-state index in [1.54, 1.807) is 7.11 Å². The number of likely N-dealkylation sites (tertiary alicyclic amines) is 1. The number of carbonyl (C=O) groups is 1. The van der Waals surface area contributed by atoms with Gasteiger partial charge in [-0.3, -0.25) is 4.79 Å². The van der Waals surface area contributed by atoms with Crippen LogP contribution in [0.3, 0.4) is 0 Å². The predicted molar refractivity (Wildman–Crippen MR) is 77.5 cm³/mol. The van der Waals surface area contributed by atoms with Gasteiger partial charge in [-0.05, 0) is 49.3 Å². The minimum atomic E-state index is 0.0971. The van der Waals surface area contributed by atoms with Crippen molar-refractivity contribution in [1.29, 1.82) is 0 Å². The van der Waals surface area contributed by atoms with Crippen molar-refractivity contribution in [2.24, 2.45) is 5.41 Å². The third-order valence-electron chi connectivity index (χ3n) is 4.46. The molecule has 1 saturated heterocycles. The van der Waals surface area contributed by atoms with Gasteiger partial charge in [-0.25, -0.2) is 0 Å². The molecule has 1 heterocycles. The Kier molecular flexibility index (Phi) is 3.29. The Morgan fingerprint density at radius 1 is 1.26 bits per heavy atom. The van der Waals surface area contributed by atoms with E-state index in [9.17, 15) is 4.79 Å². The van der Waals surface area contributed by atoms with Gasteiger partial charge in [0.2, 0.25) is 0 Å². The Morgan fingerprint density at radius 3 is 2.53 bits per heavy atom. The van der Waals surface area contributed by atoms with Crippen LogP contribution in [0.25, 0.3) is 0 Å². The molecule has 0 radical (unpaired) electrons. The second-order valence-corrected chi connectivity index (χ2v) is 6.55. The van der Waals surface area contributed by atoms with Crippen LogP contribution in [0.15, 0.2) is 22.7 Å². The number of ether oxygens (including phenoxy) is 1. The van der Waals surface area contributed by atoms with E-state index in [4.69, 9.17) is 4.74 Å². The number of piperidine rings is 1. The molecule has 1 spiro atoms. The van der Waals surface area contributed by atoms with Gasteiger partial charge < -0.3 is 9.64 Å². The van der Waals surface area contributed by atoms with Gasteiger partial charge in [0, 0.05) is 17.6 Å². The SMILES string of the molecule is COc1cc(Br)ccc1C(=O)N1CCC2(CC1)CC2. The fourth-order valence-electron chi connectivity index (χ4n) is 2.87. The molecule has 3 nitrogen and oxygen atoms in total. The van der Waals surface area contributed by atoms with Gasteiger partial charge in [0.25, 0.3) is 5.91 Å². The number of amides is 1. The Labute approximate surface area is 122 Å². The second kappa shape index (κ2) is 4.82. The van der Waals surface area contributed by atoms with Crippen LogP contribution in [0.1, 0.15) is 36.0 Å². The summed E-state index contributed by atoms with van der Waals surface area (Å²) in [7, 11) is 1.61. The highest BCUT2D eigenvalue weighted by atomic mass is 79.9. The van der Waals surface area contributed by atoms with E-state index in [1.165, 1.54) is 12.8 Å². The smallest absolute Gasteiger partial charge is 0.257 e. The topological polar surface area (TPSA) is 29.5 Å². The average Bonchev–Trinajstić information content (AvgIpc) is 3.18. The molecule has 4 heteroatoms. The molecule has 0 unspecified atom stereocenters. The molecule has 102 valence electrons. The monoisotopic (exact) mass is 323 g/mol. The van der Waals surface area contributed by atoms with Crippen molar-refractivity contribution in [3.63, 3.8) is 0 Å². The summed E-state index contributed by atoms with van der Waals surface area (Å²) < 4.78 is 6.24. The lowest BCUT2D eigenvalue weighted by Gasteiger charge is -2.32. The molecule has 0 aromatic heterocycles. The first kappa shape index (κ1) is 13.0. The number of carbonyl (C=O) groups excluding carboxylic acids is 1. The molecule has 1 aromatic rings. The summed E-state index contributed by atoms with van der Waals surface area (Å²) in [6.07, 6.45) is 5.04. The van der Waals surface area contributed by atoms with Crippen LogP contribution in [-0.2, 0) is 0 Å². The highest BCUT2D eigenvalue weighted by molar-refractivity contribution is 9.10. The molecule has 0 bridgehead atoms. The predicted octanol–water partition coefficient (Wildman–Crippen LogP) is 3.47. The van der Waals surface area contributed by atoms with Gasteiger partial charge >= 0.3 is 0 Å². The second-order valence-electron chi connectivity index (χ2n) is 5.64. The molecule has 1 aliphatic carbocycles. The minimum absolute atomic E-state index is 0.0971. The lowest BCUT2D eigenvalue weighted by atomic mass is 9.93. The first-order valence-electron chi connectivity index (χ1n) is 6.76. The van der Waals surface area contributed by atoms with E-state index in [0.717, 1.165) is 30.4 Å². The van der Waals surface area contributed by atoms with Crippen molar-refractivity contribution in [3.05, 3.63) is 28.2 Å². The van der Waals surface area contributed by atoms with Crippen LogP contribution in [0.4, 0.5) is 0 Å². The first-order valence-corrected chi connectivity index (χ1v) is 7.56. The van der Waals surface area contributed by atoms with E-state index in [-0.39, 0.29) is 5.91 Å². The Hall–Kier alpha value is -1.03. The molecule has 2 aliphatic rings. The number of rotatable bonds is 2. The minimum Gasteiger partial charge on any atom is -0.496 e. The van der Waals surface area contributed by atoms with E-state index < -0.39 is 0 Å². The van der Waals surface area contributed by atoms with Gasteiger partial charge in [-0.2, -0.15) is 0 Å². The van der Waals surface area contributed by atoms with Gasteiger partial charge in [0.15, 0.2) is 0 Å². The molecule has 0 N–H and O–H groups in total. The summed E-state index contributed by atoms with van der Waals surface area (Å²) in [6.45, 7) is 1.77. The van der Waals surface area contributed by atoms with Crippen molar-refractivity contribution in [2.75, 3.05) is 20.2 Å². The zero-order valence-electron chi connectivity index (χ0n) is 11.1. The Balaban J connectivity index is 1.76. The van der Waals surface area contributed by atoms with Crippen molar-refractivity contribution >= 4 is 21.8 Å². The molecule has 1 saturated carbocycles. The van der Waals surface area contributed by atoms with Gasteiger partial charge in [-0.1, -0.05) is 15.9 Å². The first-order chi connectivity index (χ1) is 9.13. The Morgan fingerprint density at radius 2 is 1.95 bits per heavy atom. The maximum Gasteiger partial charge on any atom is 0.257 e. The molecule has 19 heavy (non-hydrogen) atoms. The highest BCUT2D eigenvalue weighted by Crippen LogP contribution is 2.53. The molecule has 1 aliphatic heterocycles. The lowest BCUT2D eigenvalue weighted by Crippen LogP contribution is -2.39. The largest absolute Gasteiger partial charge is 0.496 e. The van der Waals surface area contributed by atoms with E-state index in [1.807, 2.05) is 23.1 Å². The molecular formula is C15H18BrNO2. The maximum absolute atomic E-state index is 12.6. The van der Waals surface area contributed by atoms with Crippen LogP contribution in [0.2, 0.25) is 0 Å². The van der Waals surface area contributed by atoms with Crippen LogP contribution in [0.5, 0.6) is 5.75 Å². The lowest BCUT2D eigenvalue weighted by molar-refractivity contribution is 0.0675. The van der Waals surface area contributed by atoms with Gasteiger partial charge in [0.05, 0.1) is 12.7 Å². The van der Waals surface area contributed by atoms with Crippen molar-refractivity contribution in [2.45, 2.75) is 25.7 Å². The number of hydrogen-bond acceptors (Lipinski definition) is 2. The molecule has 0 atom stereocenters. The summed E-state index contributed by atoms with van der Waals surface area (Å²) in [5.41, 5.74) is 1.26. The standard InChI is InChI=1S/C15H18BrNO2/c1-19-13-10-11(16)2-3-12(13)14(18)17-8-6-15(4-5-15)7-9-17/h2-3,10H,4-9H2,1H3. The fraction of sp³-hybridized carbons (Fsp3) is 0.533. The van der Waals surface area contributed by atoms with E-state index in [2.05, 4.69) is 15.9 Å². The zero-order chi connectivity index (χ0) is 13.5. The summed E-state index contributed by atoms with van der Waals surface area (Å²) in [4.78, 5) is 14.5. The van der Waals surface area contributed by atoms with E-state index in [0.29, 0.717) is 16.7 Å². The van der Waals surface area contributed by atoms with Crippen molar-refractivity contribution in [3.8, 4) is 5.75 Å². The molecular weight excluding hydrogens is 306 g/mol. The number of nitrogens with zero attached hydrogens (tertiary/aromatic N) is 1. The summed E-state index contributed by atoms with van der Waals surface area (Å²) in [5, 5.41) is 0. The maximum atomic E-state index is 12.6. The number of halogens is 1. The number of methoxy groups -OCH3 is 1. The van der Waals surface area contributed by atoms with Gasteiger partial charge in [-0.15, -0.1) is 0 Å². The van der Waals surface area contributed by atoms with E-state index >= 15 is 0 Å². The highest BCUT2D eigenvalue weighted by Gasteiger charge is 2.45. The fourth-order valence-corrected chi connectivity index (χ4v) is 3.21. The van der Waals surface area contributed by atoms with Crippen molar-refractivity contribution < 1.29 is 9.53 Å². The molecule has 1 amide bonds. The quantitative estimate of drug-likeness (QED) is 0.834. The summed E-state index contributed by atoms with van der Waals surface area (Å²) in [5.74, 6) is 0.742. The van der Waals surface area contributed by atoms with Crippen LogP contribution in [-0.4, -0.2) is 31.0 Å². The number of benzene rings is 1. The van der Waals surface area contributed by atoms with Crippen LogP contribution >= 0.6 is 15.9 Å². The van der Waals surface area contributed by atoms with Gasteiger partial charge in [0.1, 0.15) is 5.75 Å². The van der Waals surface area contributed by atoms with Crippen LogP contribution in [0, 0.1) is 5.41 Å². The van der Waals surface area contributed by atoms with Crippen LogP contribution < -0.4 is 4.74 Å². The molecule has 1 aromatic carbocycles. The average molecular weight is 324 g/mol. The Bertz CT molecular complexity index is 501. The summed E-state index contributed by atoms with van der Waals surface area (Å²) in [6, 6.07) is 5.58. The van der Waals surface area contributed by atoms with Crippen molar-refractivity contribution in [1.82, 2.24) is 4.90 Å². The zero-order valence-corrected chi connectivity index (χ0v) is 12.7. The molecule has 3 rings (SSSR count). The summed E-state index contributed by atoms with van der Waals surface area (Å²) >= 11 is 3.40. The third-order valence-corrected chi connectivity index (χ3v) is 4.96. The third kappa shape index (κ3) is 2.50. The number of hydrogen-bond donors (Lipinski definition) is 0. The molecule has 2 fully saturated rings.